The van der Waals surface area contributed by atoms with Crippen LogP contribution >= 0.6 is 0 Å². The van der Waals surface area contributed by atoms with Gasteiger partial charge in [0.25, 0.3) is 5.89 Å². The van der Waals surface area contributed by atoms with Gasteiger partial charge in [0.15, 0.2) is 0 Å². The number of carboxylic acids is 1. The number of hydrogen-bond acceptors (Lipinski definition) is 11. The molecule has 3 N–H and O–H groups in total. The van der Waals surface area contributed by atoms with Gasteiger partial charge < -0.3 is 34.4 Å². The topological polar surface area (TPSA) is 158 Å². The maximum Gasteiger partial charge on any atom is 0.335 e. The first-order chi connectivity index (χ1) is 21.4. The first-order valence-corrected chi connectivity index (χ1v) is 14.9. The minimum absolute atomic E-state index is 0.0338. The van der Waals surface area contributed by atoms with Crippen LogP contribution in [0.15, 0.2) is 40.9 Å². The Labute approximate surface area is 264 Å². The van der Waals surface area contributed by atoms with Gasteiger partial charge >= 0.3 is 5.97 Å². The Balaban J connectivity index is 0.000000330. The average molecular weight is 621 g/mol. The van der Waals surface area contributed by atoms with Crippen LogP contribution in [-0.2, 0) is 19.3 Å². The van der Waals surface area contributed by atoms with Gasteiger partial charge in [-0.25, -0.2) is 14.8 Å². The van der Waals surface area contributed by atoms with Crippen LogP contribution in [0.4, 0.5) is 11.6 Å². The smallest absolute Gasteiger partial charge is 0.335 e. The van der Waals surface area contributed by atoms with E-state index < -0.39 is 12.1 Å². The van der Waals surface area contributed by atoms with E-state index in [4.69, 9.17) is 19.5 Å². The summed E-state index contributed by atoms with van der Waals surface area (Å²) in [6.07, 6.45) is 1.37. The number of ether oxygens (including phenoxy) is 1. The molecule has 0 radical (unpaired) electrons. The summed E-state index contributed by atoms with van der Waals surface area (Å²) >= 11 is 0. The second kappa shape index (κ2) is 16.0. The molecule has 0 aliphatic rings. The van der Waals surface area contributed by atoms with E-state index in [0.29, 0.717) is 28.8 Å². The summed E-state index contributed by atoms with van der Waals surface area (Å²) in [5, 5.41) is 31.7. The fourth-order valence-electron chi connectivity index (χ4n) is 4.35. The molecule has 12 nitrogen and oxygen atoms in total. The number of carboxylic acid groups (broad SMARTS) is 1. The number of aromatic carboxylic acids is 1. The average Bonchev–Trinajstić information content (AvgIpc) is 3.54. The van der Waals surface area contributed by atoms with E-state index in [-0.39, 0.29) is 13.2 Å². The molecule has 1 unspecified atom stereocenters. The predicted octanol–water partition coefficient (Wildman–Crippen LogP) is 4.44. The summed E-state index contributed by atoms with van der Waals surface area (Å²) in [6.45, 7) is 7.67. The van der Waals surface area contributed by atoms with Crippen LogP contribution in [0, 0.1) is 6.92 Å². The molecule has 1 atom stereocenters. The zero-order valence-electron chi connectivity index (χ0n) is 27.3. The number of benzene rings is 1. The van der Waals surface area contributed by atoms with E-state index in [1.807, 2.05) is 78.1 Å². The van der Waals surface area contributed by atoms with Gasteiger partial charge in [0.2, 0.25) is 5.82 Å². The Morgan fingerprint density at radius 1 is 0.867 bits per heavy atom. The lowest BCUT2D eigenvalue weighted by Crippen LogP contribution is -2.22. The van der Waals surface area contributed by atoms with Crippen molar-refractivity contribution < 1.29 is 29.4 Å². The van der Waals surface area contributed by atoms with Gasteiger partial charge in [-0.3, -0.25) is 0 Å². The van der Waals surface area contributed by atoms with Crippen LogP contribution in [0.5, 0.6) is 5.75 Å². The molecule has 0 aliphatic carbocycles. The highest BCUT2D eigenvalue weighted by Gasteiger charge is 2.17. The van der Waals surface area contributed by atoms with E-state index in [0.717, 1.165) is 58.7 Å². The largest absolute Gasteiger partial charge is 0.490 e. The Bertz CT molecular complexity index is 1590. The first kappa shape index (κ1) is 34.9. The first-order valence-electron chi connectivity index (χ1n) is 14.9. The van der Waals surface area contributed by atoms with Crippen molar-refractivity contribution in [3.05, 3.63) is 64.5 Å². The molecule has 242 valence electrons. The maximum atomic E-state index is 10.8. The third kappa shape index (κ3) is 9.22. The number of pyridine rings is 2. The number of nitrogens with zero attached hydrogens (tertiary/aromatic N) is 6. The highest BCUT2D eigenvalue weighted by Crippen LogP contribution is 2.32. The molecule has 0 aliphatic heterocycles. The van der Waals surface area contributed by atoms with Crippen molar-refractivity contribution in [3.8, 4) is 28.6 Å². The minimum Gasteiger partial charge on any atom is -0.490 e. The number of carbonyl (C=O) groups is 1. The van der Waals surface area contributed by atoms with Crippen LogP contribution in [0.3, 0.4) is 0 Å². The van der Waals surface area contributed by atoms with Crippen molar-refractivity contribution in [2.75, 3.05) is 51.2 Å². The number of rotatable bonds is 12. The van der Waals surface area contributed by atoms with E-state index in [2.05, 4.69) is 27.0 Å². The number of aromatic nitrogens is 4. The van der Waals surface area contributed by atoms with Crippen molar-refractivity contribution >= 4 is 17.6 Å². The molecule has 0 spiro atoms. The number of anilines is 2. The number of hydrogen-bond donors (Lipinski definition) is 3. The van der Waals surface area contributed by atoms with Gasteiger partial charge in [-0.2, -0.15) is 4.98 Å². The Kier molecular flexibility index (Phi) is 12.4. The van der Waals surface area contributed by atoms with Crippen LogP contribution in [0.2, 0.25) is 0 Å². The van der Waals surface area contributed by atoms with Crippen LogP contribution in [-0.4, -0.2) is 88.9 Å². The second-order valence-electron chi connectivity index (χ2n) is 10.9. The summed E-state index contributed by atoms with van der Waals surface area (Å²) in [5.41, 5.74) is 5.58. The fourth-order valence-corrected chi connectivity index (χ4v) is 4.35. The molecule has 4 rings (SSSR count). The van der Waals surface area contributed by atoms with Crippen molar-refractivity contribution in [3.63, 3.8) is 0 Å². The molecule has 4 aromatic rings. The zero-order chi connectivity index (χ0) is 33.3. The monoisotopic (exact) mass is 620 g/mol. The highest BCUT2D eigenvalue weighted by molar-refractivity contribution is 5.88. The lowest BCUT2D eigenvalue weighted by molar-refractivity contribution is 0.0531. The summed E-state index contributed by atoms with van der Waals surface area (Å²) in [6, 6.07) is 11.0. The maximum absolute atomic E-state index is 10.8. The van der Waals surface area contributed by atoms with E-state index in [9.17, 15) is 9.90 Å². The predicted molar refractivity (Wildman–Crippen MR) is 174 cm³/mol. The van der Waals surface area contributed by atoms with Crippen LogP contribution < -0.4 is 14.5 Å². The molecule has 0 saturated heterocycles. The van der Waals surface area contributed by atoms with Gasteiger partial charge in [0.1, 0.15) is 30.1 Å². The van der Waals surface area contributed by atoms with Crippen molar-refractivity contribution in [1.82, 2.24) is 20.1 Å². The molecular weight excluding hydrogens is 576 g/mol. The molecule has 0 fully saturated rings. The van der Waals surface area contributed by atoms with Gasteiger partial charge in [-0.1, -0.05) is 25.9 Å². The third-order valence-corrected chi connectivity index (χ3v) is 6.91. The standard InChI is InChI=1S/C23H30N4O4.C10H14N2O2/c1-6-15-9-16(8-14(3)21(15)30-13-19(29)12-28)22-25-23(31-26-22)17-10-18(7-2)24-20(11-17)27(4)5;1-4-8-5-7(10(13)14)6-9(11-8)12(2)3/h8-11,19,28-29H,6-7,12-13H2,1-5H3;5-6H,4H2,1-3H3,(H,13,14). The Morgan fingerprint density at radius 2 is 1.49 bits per heavy atom. The quantitative estimate of drug-likeness (QED) is 0.205. The normalized spacial score (nSPS) is 11.4. The molecular formula is C33H44N6O6. The van der Waals surface area contributed by atoms with Crippen molar-refractivity contribution in [1.29, 1.82) is 0 Å². The summed E-state index contributed by atoms with van der Waals surface area (Å²) < 4.78 is 11.3. The van der Waals surface area contributed by atoms with Gasteiger partial charge in [-0.05, 0) is 73.7 Å². The van der Waals surface area contributed by atoms with Crippen LogP contribution in [0.25, 0.3) is 22.8 Å². The van der Waals surface area contributed by atoms with Crippen molar-refractivity contribution in [2.24, 2.45) is 0 Å². The minimum atomic E-state index is -0.913. The highest BCUT2D eigenvalue weighted by atomic mass is 16.5. The summed E-state index contributed by atoms with van der Waals surface area (Å²) in [5.74, 6) is 2.25. The van der Waals surface area contributed by atoms with Crippen LogP contribution in [0.1, 0.15) is 53.6 Å². The zero-order valence-corrected chi connectivity index (χ0v) is 27.3. The molecule has 12 heteroatoms. The molecule has 0 bridgehead atoms. The third-order valence-electron chi connectivity index (χ3n) is 6.91. The summed E-state index contributed by atoms with van der Waals surface area (Å²) in [4.78, 5) is 28.1. The number of aryl methyl sites for hydroxylation is 4. The lowest BCUT2D eigenvalue weighted by atomic mass is 10.0. The van der Waals surface area contributed by atoms with Gasteiger partial charge in [0.05, 0.1) is 12.2 Å². The molecule has 3 aromatic heterocycles. The SMILES string of the molecule is CCc1cc(-c2nc(-c3cc(C)c(OCC(O)CO)c(CC)c3)no2)cc(N(C)C)n1.CCc1cc(C(=O)O)cc(N(C)C)n1. The molecule has 45 heavy (non-hydrogen) atoms. The molecule has 3 heterocycles. The molecule has 0 saturated carbocycles. The molecule has 0 amide bonds. The van der Waals surface area contributed by atoms with E-state index in [1.165, 1.54) is 0 Å². The molecule has 1 aromatic carbocycles. The van der Waals surface area contributed by atoms with E-state index >= 15 is 0 Å². The fraction of sp³-hybridized carbons (Fsp3) is 0.424. The summed E-state index contributed by atoms with van der Waals surface area (Å²) in [7, 11) is 7.58. The Hall–Kier alpha value is -4.55. The number of aliphatic hydroxyl groups is 2. The van der Waals surface area contributed by atoms with Crippen molar-refractivity contribution in [2.45, 2.75) is 53.1 Å². The second-order valence-corrected chi connectivity index (χ2v) is 10.9. The van der Waals surface area contributed by atoms with E-state index in [1.54, 1.807) is 17.0 Å². The lowest BCUT2D eigenvalue weighted by Gasteiger charge is -2.16. The van der Waals surface area contributed by atoms with Gasteiger partial charge in [-0.15, -0.1) is 0 Å². The number of aliphatic hydroxyl groups excluding tert-OH is 2. The Morgan fingerprint density at radius 3 is 2.04 bits per heavy atom. The van der Waals surface area contributed by atoms with Gasteiger partial charge in [0, 0.05) is 50.7 Å².